The second-order valence-corrected chi connectivity index (χ2v) is 11.8. The van der Waals surface area contributed by atoms with Crippen LogP contribution in [0.3, 0.4) is 0 Å². The Morgan fingerprint density at radius 1 is 1.29 bits per heavy atom. The number of rotatable bonds is 9. The molecule has 4 rings (SSSR count). The third kappa shape index (κ3) is 6.11. The maximum absolute atomic E-state index is 16.3. The molecule has 1 aliphatic rings. The lowest BCUT2D eigenvalue weighted by molar-refractivity contribution is 0.0305. The molecule has 218 valence electrons. The first kappa shape index (κ1) is 30.1. The molecule has 1 aliphatic carbocycles. The lowest BCUT2D eigenvalue weighted by atomic mass is 9.96. The van der Waals surface area contributed by atoms with Gasteiger partial charge in [-0.3, -0.25) is 4.98 Å². The molecule has 1 atom stereocenters. The molecule has 1 aromatic carbocycles. The predicted molar refractivity (Wildman–Crippen MR) is 151 cm³/mol. The van der Waals surface area contributed by atoms with Gasteiger partial charge < -0.3 is 21.4 Å². The fraction of sp³-hybridized carbons (Fsp3) is 0.393. The van der Waals surface area contributed by atoms with Crippen molar-refractivity contribution in [3.63, 3.8) is 0 Å². The maximum atomic E-state index is 16.3. The van der Waals surface area contributed by atoms with Crippen LogP contribution in [-0.4, -0.2) is 33.5 Å². The molecule has 6 N–H and O–H groups in total. The number of nitriles is 1. The van der Waals surface area contributed by atoms with Gasteiger partial charge in [0.2, 0.25) is 5.95 Å². The van der Waals surface area contributed by atoms with Crippen molar-refractivity contribution in [2.24, 2.45) is 17.0 Å². The molecular formula is C28H31ClF4N8. The van der Waals surface area contributed by atoms with Crippen molar-refractivity contribution in [2.45, 2.75) is 58.5 Å². The van der Waals surface area contributed by atoms with Gasteiger partial charge in [0.1, 0.15) is 11.6 Å². The van der Waals surface area contributed by atoms with Gasteiger partial charge in [0, 0.05) is 30.2 Å². The zero-order valence-corrected chi connectivity index (χ0v) is 23.8. The number of aryl methyl sites for hydroxylation is 1. The van der Waals surface area contributed by atoms with Crippen LogP contribution in [0, 0.1) is 35.4 Å². The molecule has 0 aliphatic heterocycles. The smallest absolute Gasteiger partial charge is 0.262 e. The van der Waals surface area contributed by atoms with E-state index in [9.17, 15) is 18.4 Å². The second kappa shape index (κ2) is 11.2. The molecule has 2 heterocycles. The van der Waals surface area contributed by atoms with Gasteiger partial charge in [-0.2, -0.15) is 9.65 Å². The molecule has 0 bridgehead atoms. The molecule has 2 aromatic heterocycles. The van der Waals surface area contributed by atoms with E-state index in [1.807, 2.05) is 26.8 Å². The molecule has 1 unspecified atom stereocenters. The molecule has 1 fully saturated rings. The Hall–Kier alpha value is -3.82. The van der Waals surface area contributed by atoms with Crippen LogP contribution >= 0.6 is 11.6 Å². The molecular weight excluding hydrogens is 560 g/mol. The Kier molecular flexibility index (Phi) is 8.25. The highest BCUT2D eigenvalue weighted by Crippen LogP contribution is 2.46. The Bertz CT molecular complexity index is 1540. The first-order valence-corrected chi connectivity index (χ1v) is 13.2. The van der Waals surface area contributed by atoms with E-state index in [2.05, 4.69) is 20.6 Å². The molecule has 13 heteroatoms. The fourth-order valence-corrected chi connectivity index (χ4v) is 4.70. The Morgan fingerprint density at radius 3 is 2.54 bits per heavy atom. The summed E-state index contributed by atoms with van der Waals surface area (Å²) in [6, 6.07) is 4.77. The van der Waals surface area contributed by atoms with Crippen molar-refractivity contribution >= 4 is 33.9 Å². The monoisotopic (exact) mass is 590 g/mol. The number of halogens is 5. The van der Waals surface area contributed by atoms with E-state index in [1.54, 1.807) is 0 Å². The number of hydrazine groups is 1. The summed E-state index contributed by atoms with van der Waals surface area (Å²) in [5, 5.41) is 16.8. The highest BCUT2D eigenvalue weighted by Gasteiger charge is 2.54. The predicted octanol–water partition coefficient (Wildman–Crippen LogP) is 6.13. The van der Waals surface area contributed by atoms with Crippen molar-refractivity contribution in [1.29, 1.82) is 5.26 Å². The SMILES string of the molecule is Cc1nc(F)ccc1C(Nc1cc(Cl)c2ncc(C#N)c(NCC(C)(C)C)c2c1F)/C(N)=C/N(N)C1(C(F)F)CC1. The van der Waals surface area contributed by atoms with Crippen LogP contribution in [-0.2, 0) is 0 Å². The third-order valence-electron chi connectivity index (χ3n) is 6.96. The normalized spacial score (nSPS) is 15.5. The number of alkyl halides is 2. The van der Waals surface area contributed by atoms with Gasteiger partial charge in [-0.05, 0) is 37.3 Å². The van der Waals surface area contributed by atoms with E-state index in [1.165, 1.54) is 25.3 Å². The highest BCUT2D eigenvalue weighted by atomic mass is 35.5. The number of anilines is 2. The van der Waals surface area contributed by atoms with Crippen LogP contribution in [0.15, 0.2) is 36.3 Å². The number of nitrogens with zero attached hydrogens (tertiary/aromatic N) is 4. The summed E-state index contributed by atoms with van der Waals surface area (Å²) in [7, 11) is 0. The zero-order chi connectivity index (χ0) is 30.3. The lowest BCUT2D eigenvalue weighted by Crippen LogP contribution is -2.44. The molecule has 0 spiro atoms. The Morgan fingerprint density at radius 2 is 1.98 bits per heavy atom. The quantitative estimate of drug-likeness (QED) is 0.101. The van der Waals surface area contributed by atoms with Gasteiger partial charge in [0.05, 0.1) is 44.6 Å². The summed E-state index contributed by atoms with van der Waals surface area (Å²) in [5.74, 6) is 4.46. The molecule has 3 aromatic rings. The highest BCUT2D eigenvalue weighted by molar-refractivity contribution is 6.36. The van der Waals surface area contributed by atoms with E-state index in [0.29, 0.717) is 12.1 Å². The van der Waals surface area contributed by atoms with Gasteiger partial charge in [0.25, 0.3) is 6.43 Å². The van der Waals surface area contributed by atoms with E-state index in [0.717, 1.165) is 17.3 Å². The van der Waals surface area contributed by atoms with Crippen molar-refractivity contribution in [3.05, 3.63) is 69.9 Å². The second-order valence-electron chi connectivity index (χ2n) is 11.3. The summed E-state index contributed by atoms with van der Waals surface area (Å²) < 4.78 is 57.6. The van der Waals surface area contributed by atoms with Gasteiger partial charge in [-0.1, -0.05) is 38.4 Å². The zero-order valence-electron chi connectivity index (χ0n) is 23.0. The van der Waals surface area contributed by atoms with Crippen LogP contribution in [0.1, 0.15) is 56.5 Å². The van der Waals surface area contributed by atoms with Crippen molar-refractivity contribution in [3.8, 4) is 6.07 Å². The first-order chi connectivity index (χ1) is 19.2. The molecule has 0 amide bonds. The minimum atomic E-state index is -2.71. The van der Waals surface area contributed by atoms with Crippen LogP contribution < -0.4 is 22.2 Å². The molecule has 8 nitrogen and oxygen atoms in total. The average molecular weight is 591 g/mol. The van der Waals surface area contributed by atoms with Crippen molar-refractivity contribution < 1.29 is 17.6 Å². The Labute approximate surface area is 240 Å². The van der Waals surface area contributed by atoms with Gasteiger partial charge in [0.15, 0.2) is 5.82 Å². The topological polar surface area (TPSA) is 129 Å². The van der Waals surface area contributed by atoms with Crippen molar-refractivity contribution in [1.82, 2.24) is 15.0 Å². The Balaban J connectivity index is 1.86. The van der Waals surface area contributed by atoms with E-state index in [-0.39, 0.29) is 62.5 Å². The van der Waals surface area contributed by atoms with Gasteiger partial charge in [-0.25, -0.2) is 24.0 Å². The standard InChI is InChI=1S/C28H31ClF4N8/c1-14-16(5-6-20(30)39-14)24(18(35)12-41(36)28(7-8-28)26(32)33)40-19-9-17(29)25-21(22(19)31)23(15(10-34)11-37-25)38-13-27(2,3)4/h5-6,9,11-12,24,26,40H,7-8,13,35-36H2,1-4H3,(H,37,38)/b18-12-. The number of benzene rings is 1. The number of nitrogens with two attached hydrogens (primary N) is 2. The molecule has 0 saturated heterocycles. The lowest BCUT2D eigenvalue weighted by Gasteiger charge is -2.29. The first-order valence-electron chi connectivity index (χ1n) is 12.8. The summed E-state index contributed by atoms with van der Waals surface area (Å²) in [6.45, 7) is 7.87. The third-order valence-corrected chi connectivity index (χ3v) is 7.24. The van der Waals surface area contributed by atoms with Crippen LogP contribution in [0.5, 0.6) is 0 Å². The maximum Gasteiger partial charge on any atom is 0.262 e. The van der Waals surface area contributed by atoms with E-state index < -0.39 is 29.8 Å². The molecule has 1 saturated carbocycles. The number of nitrogens with one attached hydrogen (secondary N) is 2. The number of pyridine rings is 2. The van der Waals surface area contributed by atoms with Crippen molar-refractivity contribution in [2.75, 3.05) is 17.2 Å². The number of fused-ring (bicyclic) bond motifs is 1. The summed E-state index contributed by atoms with van der Waals surface area (Å²) in [6.07, 6.45) is 0.109. The van der Waals surface area contributed by atoms with Gasteiger partial charge in [-0.15, -0.1) is 0 Å². The van der Waals surface area contributed by atoms with E-state index in [4.69, 9.17) is 23.2 Å². The average Bonchev–Trinajstić information content (AvgIpc) is 3.70. The molecule has 41 heavy (non-hydrogen) atoms. The largest absolute Gasteiger partial charge is 0.399 e. The number of hydrogen-bond donors (Lipinski definition) is 4. The summed E-state index contributed by atoms with van der Waals surface area (Å²) in [4.78, 5) is 8.03. The number of aromatic nitrogens is 2. The number of hydrogen-bond acceptors (Lipinski definition) is 8. The fourth-order valence-electron chi connectivity index (χ4n) is 4.45. The van der Waals surface area contributed by atoms with Gasteiger partial charge >= 0.3 is 0 Å². The van der Waals surface area contributed by atoms with Crippen LogP contribution in [0.4, 0.5) is 28.9 Å². The summed E-state index contributed by atoms with van der Waals surface area (Å²) in [5.41, 5.74) is 5.50. The minimum Gasteiger partial charge on any atom is -0.399 e. The van der Waals surface area contributed by atoms with Crippen LogP contribution in [0.2, 0.25) is 5.02 Å². The van der Waals surface area contributed by atoms with E-state index >= 15 is 4.39 Å². The van der Waals surface area contributed by atoms with Crippen LogP contribution in [0.25, 0.3) is 10.9 Å². The minimum absolute atomic E-state index is 0.0198. The molecule has 0 radical (unpaired) electrons. The summed E-state index contributed by atoms with van der Waals surface area (Å²) >= 11 is 6.54.